The zero-order valence-corrected chi connectivity index (χ0v) is 7.15. The maximum absolute atomic E-state index is 9.37. The first kappa shape index (κ1) is 7.79. The number of nitrogen functional groups attached to an aromatic ring is 1. The smallest absolute Gasteiger partial charge is 0.217 e. The van der Waals surface area contributed by atoms with Crippen LogP contribution in [0.3, 0.4) is 0 Å². The van der Waals surface area contributed by atoms with Gasteiger partial charge in [0.05, 0.1) is 5.69 Å². The first-order valence-corrected chi connectivity index (χ1v) is 3.90. The number of fused-ring (bicyclic) bond motifs is 1. The second-order valence-electron chi connectivity index (χ2n) is 2.85. The molecule has 4 heteroatoms. The third kappa shape index (κ3) is 1.07. The van der Waals surface area contributed by atoms with Crippen LogP contribution in [-0.2, 0) is 0 Å². The van der Waals surface area contributed by atoms with Crippen LogP contribution in [-0.4, -0.2) is 15.1 Å². The van der Waals surface area contributed by atoms with E-state index >= 15 is 0 Å². The average Bonchev–Trinajstić information content (AvgIpc) is 2.15. The Balaban J connectivity index is 2.94. The minimum absolute atomic E-state index is 0.0521. The number of aromatic nitrogens is 2. The van der Waals surface area contributed by atoms with Gasteiger partial charge >= 0.3 is 0 Å². The van der Waals surface area contributed by atoms with Crippen LogP contribution in [0.5, 0.6) is 5.88 Å². The summed E-state index contributed by atoms with van der Waals surface area (Å²) < 4.78 is 0. The highest BCUT2D eigenvalue weighted by molar-refractivity contribution is 5.90. The predicted molar refractivity (Wildman–Crippen MR) is 50.4 cm³/mol. The third-order valence-corrected chi connectivity index (χ3v) is 2.03. The van der Waals surface area contributed by atoms with Crippen LogP contribution in [0, 0.1) is 6.92 Å². The summed E-state index contributed by atoms with van der Waals surface area (Å²) in [6, 6.07) is 3.62. The molecule has 3 N–H and O–H groups in total. The number of rotatable bonds is 0. The van der Waals surface area contributed by atoms with Crippen molar-refractivity contribution >= 4 is 16.7 Å². The summed E-state index contributed by atoms with van der Waals surface area (Å²) in [5, 5.41) is 10.1. The van der Waals surface area contributed by atoms with Crippen LogP contribution in [0.2, 0.25) is 0 Å². The number of hydrogen-bond acceptors (Lipinski definition) is 4. The molecule has 0 saturated carbocycles. The molecule has 13 heavy (non-hydrogen) atoms. The largest absolute Gasteiger partial charge is 0.493 e. The highest BCUT2D eigenvalue weighted by Crippen LogP contribution is 2.26. The molecule has 0 atom stereocenters. The Hall–Kier alpha value is -1.84. The Kier molecular flexibility index (Phi) is 1.55. The third-order valence-electron chi connectivity index (χ3n) is 2.03. The minimum Gasteiger partial charge on any atom is -0.493 e. The molecule has 0 radical (unpaired) electrons. The molecule has 0 aliphatic carbocycles. The molecule has 0 aromatic carbocycles. The molecule has 0 spiro atoms. The molecule has 2 aromatic heterocycles. The zero-order valence-electron chi connectivity index (χ0n) is 7.15. The summed E-state index contributed by atoms with van der Waals surface area (Å²) in [6.45, 7) is 1.73. The fourth-order valence-corrected chi connectivity index (χ4v) is 1.20. The van der Waals surface area contributed by atoms with Crippen molar-refractivity contribution < 1.29 is 5.11 Å². The minimum atomic E-state index is -0.0521. The molecule has 0 unspecified atom stereocenters. The maximum atomic E-state index is 9.37. The van der Waals surface area contributed by atoms with E-state index in [1.54, 1.807) is 19.2 Å². The van der Waals surface area contributed by atoms with Crippen LogP contribution in [0.25, 0.3) is 11.0 Å². The van der Waals surface area contributed by atoms with Crippen molar-refractivity contribution in [2.75, 3.05) is 5.73 Å². The first-order chi connectivity index (χ1) is 6.20. The summed E-state index contributed by atoms with van der Waals surface area (Å²) in [7, 11) is 0. The van der Waals surface area contributed by atoms with Gasteiger partial charge in [-0.15, -0.1) is 0 Å². The maximum Gasteiger partial charge on any atom is 0.217 e. The van der Waals surface area contributed by atoms with Crippen LogP contribution in [0.1, 0.15) is 5.56 Å². The lowest BCUT2D eigenvalue weighted by molar-refractivity contribution is 0.451. The second kappa shape index (κ2) is 2.58. The molecule has 0 fully saturated rings. The molecule has 2 aromatic rings. The molecule has 0 aliphatic rings. The monoisotopic (exact) mass is 175 g/mol. The summed E-state index contributed by atoms with van der Waals surface area (Å²) in [5.41, 5.74) is 7.39. The van der Waals surface area contributed by atoms with Crippen molar-refractivity contribution in [1.29, 1.82) is 0 Å². The fourth-order valence-electron chi connectivity index (χ4n) is 1.20. The Morgan fingerprint density at radius 3 is 3.00 bits per heavy atom. The second-order valence-corrected chi connectivity index (χ2v) is 2.85. The molecule has 0 bridgehead atoms. The van der Waals surface area contributed by atoms with Crippen molar-refractivity contribution in [2.45, 2.75) is 6.92 Å². The van der Waals surface area contributed by atoms with Crippen LogP contribution in [0.15, 0.2) is 18.3 Å². The normalized spacial score (nSPS) is 10.5. The Morgan fingerprint density at radius 2 is 2.23 bits per heavy atom. The van der Waals surface area contributed by atoms with Gasteiger partial charge in [-0.2, -0.15) is 4.98 Å². The van der Waals surface area contributed by atoms with Crippen molar-refractivity contribution in [3.05, 3.63) is 23.9 Å². The van der Waals surface area contributed by atoms with Gasteiger partial charge in [0.1, 0.15) is 0 Å². The highest BCUT2D eigenvalue weighted by atomic mass is 16.3. The lowest BCUT2D eigenvalue weighted by atomic mass is 10.2. The van der Waals surface area contributed by atoms with Gasteiger partial charge in [0.15, 0.2) is 5.65 Å². The van der Waals surface area contributed by atoms with Gasteiger partial charge in [-0.25, -0.2) is 4.98 Å². The fraction of sp³-hybridized carbons (Fsp3) is 0.111. The summed E-state index contributed by atoms with van der Waals surface area (Å²) in [4.78, 5) is 7.89. The van der Waals surface area contributed by atoms with E-state index in [1.807, 2.05) is 6.07 Å². The lowest BCUT2D eigenvalue weighted by Crippen LogP contribution is -1.95. The summed E-state index contributed by atoms with van der Waals surface area (Å²) in [5.74, 6) is -0.0521. The predicted octanol–water partition coefficient (Wildman–Crippen LogP) is 1.23. The Bertz CT molecular complexity index is 468. The quantitative estimate of drug-likeness (QED) is 0.631. The molecule has 0 amide bonds. The van der Waals surface area contributed by atoms with E-state index < -0.39 is 0 Å². The van der Waals surface area contributed by atoms with E-state index in [1.165, 1.54) is 0 Å². The summed E-state index contributed by atoms with van der Waals surface area (Å²) in [6.07, 6.45) is 1.61. The number of nitrogens with zero attached hydrogens (tertiary/aromatic N) is 2. The number of anilines is 1. The van der Waals surface area contributed by atoms with Gasteiger partial charge in [0.2, 0.25) is 5.88 Å². The van der Waals surface area contributed by atoms with Crippen molar-refractivity contribution in [3.8, 4) is 5.88 Å². The zero-order chi connectivity index (χ0) is 9.42. The van der Waals surface area contributed by atoms with Gasteiger partial charge in [0, 0.05) is 17.1 Å². The first-order valence-electron chi connectivity index (χ1n) is 3.90. The molecule has 2 rings (SSSR count). The van der Waals surface area contributed by atoms with Crippen LogP contribution in [0.4, 0.5) is 5.69 Å². The van der Waals surface area contributed by atoms with Gasteiger partial charge < -0.3 is 10.8 Å². The Labute approximate surface area is 75.1 Å². The van der Waals surface area contributed by atoms with E-state index in [-0.39, 0.29) is 5.88 Å². The molecule has 0 saturated heterocycles. The van der Waals surface area contributed by atoms with Gasteiger partial charge in [-0.3, -0.25) is 0 Å². The lowest BCUT2D eigenvalue weighted by Gasteiger charge is -2.05. The number of pyridine rings is 2. The van der Waals surface area contributed by atoms with Crippen LogP contribution < -0.4 is 5.73 Å². The Morgan fingerprint density at radius 1 is 1.46 bits per heavy atom. The van der Waals surface area contributed by atoms with Gasteiger partial charge in [-0.1, -0.05) is 0 Å². The van der Waals surface area contributed by atoms with Crippen LogP contribution >= 0.6 is 0 Å². The molecule has 66 valence electrons. The standard InChI is InChI=1S/C9H9N3O/c1-5-7(10)6-3-2-4-11-8(6)12-9(5)13/h2-4H,1H3,(H3,10,11,12,13). The average molecular weight is 175 g/mol. The van der Waals surface area contributed by atoms with E-state index in [0.717, 1.165) is 5.39 Å². The van der Waals surface area contributed by atoms with E-state index in [9.17, 15) is 5.11 Å². The van der Waals surface area contributed by atoms with Gasteiger partial charge in [0.25, 0.3) is 0 Å². The molecular formula is C9H9N3O. The SMILES string of the molecule is Cc1c(O)nc2ncccc2c1N. The number of hydrogen-bond donors (Lipinski definition) is 2. The summed E-state index contributed by atoms with van der Waals surface area (Å²) >= 11 is 0. The van der Waals surface area contributed by atoms with E-state index in [4.69, 9.17) is 5.73 Å². The van der Waals surface area contributed by atoms with Gasteiger partial charge in [-0.05, 0) is 19.1 Å². The number of aromatic hydroxyl groups is 1. The van der Waals surface area contributed by atoms with Crippen molar-refractivity contribution in [1.82, 2.24) is 9.97 Å². The highest BCUT2D eigenvalue weighted by Gasteiger charge is 2.07. The van der Waals surface area contributed by atoms with E-state index in [0.29, 0.717) is 16.9 Å². The molecule has 4 nitrogen and oxygen atoms in total. The number of nitrogens with two attached hydrogens (primary N) is 1. The topological polar surface area (TPSA) is 72.0 Å². The van der Waals surface area contributed by atoms with Crippen molar-refractivity contribution in [3.63, 3.8) is 0 Å². The van der Waals surface area contributed by atoms with Crippen molar-refractivity contribution in [2.24, 2.45) is 0 Å². The van der Waals surface area contributed by atoms with E-state index in [2.05, 4.69) is 9.97 Å². The molecule has 0 aliphatic heterocycles. The molecule has 2 heterocycles. The molecular weight excluding hydrogens is 166 g/mol.